The molecule has 0 bridgehead atoms. The first kappa shape index (κ1) is 11.4. The third kappa shape index (κ3) is 1.84. The summed E-state index contributed by atoms with van der Waals surface area (Å²) in [7, 11) is 0. The molecule has 1 saturated carbocycles. The van der Waals surface area contributed by atoms with Crippen molar-refractivity contribution in [2.75, 3.05) is 0 Å². The van der Waals surface area contributed by atoms with Crippen molar-refractivity contribution in [3.8, 4) is 10.6 Å². The zero-order valence-corrected chi connectivity index (χ0v) is 11.9. The zero-order chi connectivity index (χ0) is 12.0. The Morgan fingerprint density at radius 1 is 1.41 bits per heavy atom. The molecule has 0 spiro atoms. The van der Waals surface area contributed by atoms with E-state index in [1.54, 1.807) is 11.3 Å². The van der Waals surface area contributed by atoms with Gasteiger partial charge in [-0.1, -0.05) is 0 Å². The van der Waals surface area contributed by atoms with Gasteiger partial charge in [0.2, 0.25) is 0 Å². The van der Waals surface area contributed by atoms with Crippen LogP contribution in [0.1, 0.15) is 17.8 Å². The molecule has 3 rings (SSSR count). The fourth-order valence-electron chi connectivity index (χ4n) is 1.70. The van der Waals surface area contributed by atoms with Crippen LogP contribution in [0.4, 0.5) is 0 Å². The molecule has 1 N–H and O–H groups in total. The molecule has 0 saturated heterocycles. The minimum atomic E-state index is -0.745. The van der Waals surface area contributed by atoms with Crippen LogP contribution in [0.15, 0.2) is 21.3 Å². The maximum atomic E-state index is 11.2. The second kappa shape index (κ2) is 3.90. The lowest BCUT2D eigenvalue weighted by atomic mass is 10.1. The molecule has 0 radical (unpaired) electrons. The molecule has 1 aliphatic rings. The molecule has 17 heavy (non-hydrogen) atoms. The molecule has 2 aromatic rings. The van der Waals surface area contributed by atoms with Crippen molar-refractivity contribution in [1.82, 2.24) is 4.98 Å². The molecule has 2 heterocycles. The van der Waals surface area contributed by atoms with E-state index < -0.39 is 11.4 Å². The molecule has 0 atom stereocenters. The minimum Gasteiger partial charge on any atom is -0.481 e. The first-order chi connectivity index (χ1) is 8.12. The number of thiazole rings is 1. The zero-order valence-electron chi connectivity index (χ0n) is 8.64. The van der Waals surface area contributed by atoms with Crippen molar-refractivity contribution in [2.24, 2.45) is 0 Å². The van der Waals surface area contributed by atoms with Gasteiger partial charge in [0.1, 0.15) is 10.4 Å². The molecular formula is C11H8BrNO2S2. The van der Waals surface area contributed by atoms with Crippen LogP contribution in [0.5, 0.6) is 0 Å². The van der Waals surface area contributed by atoms with Gasteiger partial charge in [-0.25, -0.2) is 4.98 Å². The highest BCUT2D eigenvalue weighted by molar-refractivity contribution is 9.10. The van der Waals surface area contributed by atoms with E-state index in [9.17, 15) is 9.90 Å². The molecule has 1 fully saturated rings. The van der Waals surface area contributed by atoms with Crippen LogP contribution in [0.25, 0.3) is 10.6 Å². The van der Waals surface area contributed by atoms with E-state index in [0.717, 1.165) is 20.1 Å². The lowest BCUT2D eigenvalue weighted by Crippen LogP contribution is -2.19. The van der Waals surface area contributed by atoms with Crippen molar-refractivity contribution in [2.45, 2.75) is 18.3 Å². The van der Waals surface area contributed by atoms with Gasteiger partial charge in [-0.3, -0.25) is 4.79 Å². The van der Waals surface area contributed by atoms with Gasteiger partial charge < -0.3 is 5.11 Å². The number of thiophene rings is 1. The third-order valence-corrected chi connectivity index (χ3v) is 5.65. The maximum Gasteiger partial charge on any atom is 0.316 e. The number of hydrogen-bond acceptors (Lipinski definition) is 4. The number of rotatable bonds is 3. The standard InChI is InChI=1S/C11H8BrNO2S2/c12-6-3-8(16-4-6)7-5-17-9(13-7)11(1-2-11)10(14)15/h3-5H,1-2H2,(H,14,15). The minimum absolute atomic E-state index is 0.683. The predicted octanol–water partition coefficient (Wildman–Crippen LogP) is 3.75. The van der Waals surface area contributed by atoms with E-state index in [2.05, 4.69) is 20.9 Å². The summed E-state index contributed by atoms with van der Waals surface area (Å²) < 4.78 is 1.03. The third-order valence-electron chi connectivity index (χ3n) is 2.89. The Labute approximate surface area is 114 Å². The van der Waals surface area contributed by atoms with Gasteiger partial charge >= 0.3 is 5.97 Å². The fourth-order valence-corrected chi connectivity index (χ4v) is 4.23. The predicted molar refractivity (Wildman–Crippen MR) is 71.7 cm³/mol. The van der Waals surface area contributed by atoms with E-state index in [1.807, 2.05) is 16.8 Å². The molecule has 0 aromatic carbocycles. The summed E-state index contributed by atoms with van der Waals surface area (Å²) in [6.07, 6.45) is 1.42. The largest absolute Gasteiger partial charge is 0.481 e. The van der Waals surface area contributed by atoms with Gasteiger partial charge in [-0.2, -0.15) is 0 Å². The van der Waals surface area contributed by atoms with E-state index in [0.29, 0.717) is 12.8 Å². The summed E-state index contributed by atoms with van der Waals surface area (Å²) in [4.78, 5) is 16.7. The van der Waals surface area contributed by atoms with Crippen LogP contribution >= 0.6 is 38.6 Å². The maximum absolute atomic E-state index is 11.2. The number of aliphatic carboxylic acids is 1. The van der Waals surface area contributed by atoms with Gasteiger partial charge in [-0.15, -0.1) is 22.7 Å². The van der Waals surface area contributed by atoms with Gasteiger partial charge in [0, 0.05) is 15.2 Å². The van der Waals surface area contributed by atoms with Crippen molar-refractivity contribution in [1.29, 1.82) is 0 Å². The van der Waals surface area contributed by atoms with Crippen molar-refractivity contribution in [3.63, 3.8) is 0 Å². The molecule has 1 aliphatic carbocycles. The van der Waals surface area contributed by atoms with Gasteiger partial charge in [0.25, 0.3) is 0 Å². The second-order valence-corrected chi connectivity index (χ2v) is 6.74. The Hall–Kier alpha value is -0.720. The van der Waals surface area contributed by atoms with Crippen molar-refractivity contribution >= 4 is 44.6 Å². The van der Waals surface area contributed by atoms with Crippen LogP contribution in [-0.4, -0.2) is 16.1 Å². The molecule has 6 heteroatoms. The Morgan fingerprint density at radius 2 is 2.18 bits per heavy atom. The van der Waals surface area contributed by atoms with Crippen LogP contribution in [0.2, 0.25) is 0 Å². The molecule has 0 amide bonds. The SMILES string of the molecule is O=C(O)C1(c2nc(-c3cc(Br)cs3)cs2)CC1. The lowest BCUT2D eigenvalue weighted by Gasteiger charge is -2.03. The number of carboxylic acids is 1. The molecule has 2 aromatic heterocycles. The van der Waals surface area contributed by atoms with Gasteiger partial charge in [0.15, 0.2) is 0 Å². The Balaban J connectivity index is 1.96. The van der Waals surface area contributed by atoms with Crippen LogP contribution in [0, 0.1) is 0 Å². The number of aromatic nitrogens is 1. The molecule has 0 aliphatic heterocycles. The van der Waals surface area contributed by atoms with E-state index >= 15 is 0 Å². The van der Waals surface area contributed by atoms with Gasteiger partial charge in [-0.05, 0) is 34.8 Å². The van der Waals surface area contributed by atoms with Crippen molar-refractivity contribution < 1.29 is 9.90 Å². The summed E-state index contributed by atoms with van der Waals surface area (Å²) in [5, 5.41) is 13.9. The Kier molecular flexibility index (Phi) is 2.61. The number of nitrogens with zero attached hydrogens (tertiary/aromatic N) is 1. The molecule has 0 unspecified atom stereocenters. The number of carbonyl (C=O) groups is 1. The summed E-state index contributed by atoms with van der Waals surface area (Å²) in [5.74, 6) is -0.745. The first-order valence-corrected chi connectivity index (χ1v) is 7.61. The quantitative estimate of drug-likeness (QED) is 0.932. The van der Waals surface area contributed by atoms with Crippen LogP contribution < -0.4 is 0 Å². The Bertz CT molecular complexity index is 586. The summed E-state index contributed by atoms with van der Waals surface area (Å²) in [6, 6.07) is 2.00. The van der Waals surface area contributed by atoms with E-state index in [1.165, 1.54) is 11.3 Å². The van der Waals surface area contributed by atoms with E-state index in [4.69, 9.17) is 0 Å². The summed E-state index contributed by atoms with van der Waals surface area (Å²) in [6.45, 7) is 0. The second-order valence-electron chi connectivity index (χ2n) is 4.05. The highest BCUT2D eigenvalue weighted by Gasteiger charge is 2.54. The number of halogens is 1. The highest BCUT2D eigenvalue weighted by Crippen LogP contribution is 2.50. The lowest BCUT2D eigenvalue weighted by molar-refractivity contribution is -0.140. The molecular weight excluding hydrogens is 322 g/mol. The highest BCUT2D eigenvalue weighted by atomic mass is 79.9. The Morgan fingerprint density at radius 3 is 2.71 bits per heavy atom. The number of carboxylic acid groups (broad SMARTS) is 1. The van der Waals surface area contributed by atoms with Crippen LogP contribution in [-0.2, 0) is 10.2 Å². The molecule has 3 nitrogen and oxygen atoms in total. The topological polar surface area (TPSA) is 50.2 Å². The summed E-state index contributed by atoms with van der Waals surface area (Å²) >= 11 is 6.46. The average Bonchev–Trinajstić information content (AvgIpc) is 2.76. The monoisotopic (exact) mass is 329 g/mol. The van der Waals surface area contributed by atoms with E-state index in [-0.39, 0.29) is 0 Å². The molecule has 88 valence electrons. The first-order valence-electron chi connectivity index (χ1n) is 5.06. The normalized spacial score (nSPS) is 17.0. The van der Waals surface area contributed by atoms with Gasteiger partial charge in [0.05, 0.1) is 10.6 Å². The fraction of sp³-hybridized carbons (Fsp3) is 0.273. The van der Waals surface area contributed by atoms with Crippen LogP contribution in [0.3, 0.4) is 0 Å². The van der Waals surface area contributed by atoms with Crippen molar-refractivity contribution in [3.05, 3.63) is 26.3 Å². The number of hydrogen-bond donors (Lipinski definition) is 1. The average molecular weight is 330 g/mol. The summed E-state index contributed by atoms with van der Waals surface area (Å²) in [5.41, 5.74) is 0.199. The smallest absolute Gasteiger partial charge is 0.316 e.